The molecule has 0 spiro atoms. The zero-order chi connectivity index (χ0) is 22.5. The van der Waals surface area contributed by atoms with Crippen molar-refractivity contribution in [3.8, 4) is 5.75 Å². The number of benzene rings is 3. The summed E-state index contributed by atoms with van der Waals surface area (Å²) in [6.07, 6.45) is 0. The number of fused-ring (bicyclic) bond motifs is 1. The second kappa shape index (κ2) is 9.28. The number of aromatic amines is 1. The first-order valence-electron chi connectivity index (χ1n) is 9.88. The first-order valence-corrected chi connectivity index (χ1v) is 9.88. The van der Waals surface area contributed by atoms with Crippen LogP contribution in [-0.2, 0) is 11.3 Å². The van der Waals surface area contributed by atoms with Gasteiger partial charge in [-0.1, -0.05) is 42.5 Å². The van der Waals surface area contributed by atoms with Gasteiger partial charge in [0, 0.05) is 18.2 Å². The molecule has 3 aromatic carbocycles. The van der Waals surface area contributed by atoms with Crippen LogP contribution in [-0.4, -0.2) is 24.0 Å². The van der Waals surface area contributed by atoms with E-state index in [1.165, 1.54) is 0 Å². The zero-order valence-corrected chi connectivity index (χ0v) is 17.3. The fraction of sp³-hybridized carbons (Fsp3) is 0.0800. The van der Waals surface area contributed by atoms with Gasteiger partial charge in [0.05, 0.1) is 17.7 Å². The summed E-state index contributed by atoms with van der Waals surface area (Å²) in [5.41, 5.74) is 1.07. The van der Waals surface area contributed by atoms with Crippen molar-refractivity contribution in [2.75, 3.05) is 12.4 Å². The maximum absolute atomic E-state index is 13.1. The van der Waals surface area contributed by atoms with Crippen LogP contribution in [0.25, 0.3) is 10.9 Å². The number of para-hydroxylation sites is 1. The van der Waals surface area contributed by atoms with Crippen molar-refractivity contribution in [3.63, 3.8) is 0 Å². The molecular formula is C25H20N2O5. The van der Waals surface area contributed by atoms with Gasteiger partial charge in [0.25, 0.3) is 11.5 Å². The lowest BCUT2D eigenvalue weighted by atomic mass is 10.1. The summed E-state index contributed by atoms with van der Waals surface area (Å²) < 4.78 is 10.8. The van der Waals surface area contributed by atoms with E-state index in [0.717, 1.165) is 5.56 Å². The summed E-state index contributed by atoms with van der Waals surface area (Å²) in [5, 5.41) is 3.10. The lowest BCUT2D eigenvalue weighted by molar-refractivity contribution is 0.0735. The minimum Gasteiger partial charge on any atom is -0.421 e. The molecular weight excluding hydrogens is 408 g/mol. The Morgan fingerprint density at radius 1 is 0.938 bits per heavy atom. The van der Waals surface area contributed by atoms with Gasteiger partial charge >= 0.3 is 5.97 Å². The number of amides is 1. The lowest BCUT2D eigenvalue weighted by Gasteiger charge is -2.14. The predicted octanol–water partition coefficient (Wildman–Crippen LogP) is 4.15. The van der Waals surface area contributed by atoms with Crippen molar-refractivity contribution in [3.05, 3.63) is 106 Å². The van der Waals surface area contributed by atoms with Crippen molar-refractivity contribution >= 4 is 28.5 Å². The van der Waals surface area contributed by atoms with E-state index in [-0.39, 0.29) is 11.3 Å². The summed E-state index contributed by atoms with van der Waals surface area (Å²) in [6.45, 7) is 0.312. The van der Waals surface area contributed by atoms with Crippen LogP contribution in [0.3, 0.4) is 0 Å². The first kappa shape index (κ1) is 21.0. The van der Waals surface area contributed by atoms with Crippen molar-refractivity contribution in [2.45, 2.75) is 6.61 Å². The molecule has 2 N–H and O–H groups in total. The Morgan fingerprint density at radius 2 is 1.62 bits per heavy atom. The van der Waals surface area contributed by atoms with E-state index in [4.69, 9.17) is 9.47 Å². The molecule has 0 saturated carbocycles. The number of rotatable bonds is 6. The minimum absolute atomic E-state index is 0.107. The van der Waals surface area contributed by atoms with Gasteiger partial charge in [0.2, 0.25) is 0 Å². The second-order valence-corrected chi connectivity index (χ2v) is 7.05. The summed E-state index contributed by atoms with van der Waals surface area (Å²) >= 11 is 0. The number of anilines is 1. The molecule has 0 saturated heterocycles. The number of carbonyl (C=O) groups is 2. The number of hydrogen-bond donors (Lipinski definition) is 2. The molecule has 0 unspecified atom stereocenters. The molecule has 1 amide bonds. The molecule has 0 bridgehead atoms. The standard InChI is InChI=1S/C25H20N2O5/c1-31-15-16-12-13-20-19(14-16)22(32-25(30)17-8-4-2-5-9-17)21(24(29)27-20)23(28)26-18-10-6-3-7-11-18/h2-14H,15H2,1H3,(H,26,28)(H,27,29). The van der Waals surface area contributed by atoms with Gasteiger partial charge in [-0.3, -0.25) is 9.59 Å². The zero-order valence-electron chi connectivity index (χ0n) is 17.3. The smallest absolute Gasteiger partial charge is 0.343 e. The van der Waals surface area contributed by atoms with Gasteiger partial charge in [-0.2, -0.15) is 0 Å². The average molecular weight is 428 g/mol. The summed E-state index contributed by atoms with van der Waals surface area (Å²) in [4.78, 5) is 41.5. The van der Waals surface area contributed by atoms with Crippen LogP contribution in [0.2, 0.25) is 0 Å². The van der Waals surface area contributed by atoms with E-state index in [0.29, 0.717) is 28.8 Å². The Kier molecular flexibility index (Phi) is 6.10. The number of esters is 1. The van der Waals surface area contributed by atoms with Gasteiger partial charge < -0.3 is 19.8 Å². The summed E-state index contributed by atoms with van der Waals surface area (Å²) in [5.74, 6) is -1.47. The normalized spacial score (nSPS) is 10.7. The summed E-state index contributed by atoms with van der Waals surface area (Å²) in [7, 11) is 1.56. The molecule has 0 fully saturated rings. The Labute approximate surface area is 183 Å². The third-order valence-corrected chi connectivity index (χ3v) is 4.80. The van der Waals surface area contributed by atoms with Crippen LogP contribution < -0.4 is 15.6 Å². The fourth-order valence-electron chi connectivity index (χ4n) is 3.32. The SMILES string of the molecule is COCc1ccc2[nH]c(=O)c(C(=O)Nc3ccccc3)c(OC(=O)c3ccccc3)c2c1. The van der Waals surface area contributed by atoms with Crippen LogP contribution in [0.1, 0.15) is 26.3 Å². The van der Waals surface area contributed by atoms with E-state index in [1.54, 1.807) is 79.9 Å². The molecule has 1 heterocycles. The van der Waals surface area contributed by atoms with Gasteiger partial charge in [0.1, 0.15) is 5.56 Å². The highest BCUT2D eigenvalue weighted by Gasteiger charge is 2.24. The van der Waals surface area contributed by atoms with Crippen molar-refractivity contribution in [1.82, 2.24) is 4.98 Å². The van der Waals surface area contributed by atoms with Crippen LogP contribution in [0.5, 0.6) is 5.75 Å². The molecule has 0 aliphatic carbocycles. The number of methoxy groups -OCH3 is 1. The number of pyridine rings is 1. The number of aromatic nitrogens is 1. The first-order chi connectivity index (χ1) is 15.6. The van der Waals surface area contributed by atoms with Crippen LogP contribution >= 0.6 is 0 Å². The number of nitrogens with one attached hydrogen (secondary N) is 2. The fourth-order valence-corrected chi connectivity index (χ4v) is 3.32. The molecule has 7 heteroatoms. The highest BCUT2D eigenvalue weighted by Crippen LogP contribution is 2.29. The van der Waals surface area contributed by atoms with Crippen molar-refractivity contribution in [1.29, 1.82) is 0 Å². The second-order valence-electron chi connectivity index (χ2n) is 7.05. The quantitative estimate of drug-likeness (QED) is 0.450. The van der Waals surface area contributed by atoms with E-state index < -0.39 is 17.4 Å². The largest absolute Gasteiger partial charge is 0.421 e. The number of carbonyl (C=O) groups excluding carboxylic acids is 2. The van der Waals surface area contributed by atoms with E-state index in [2.05, 4.69) is 10.3 Å². The molecule has 0 radical (unpaired) electrons. The van der Waals surface area contributed by atoms with Crippen LogP contribution in [0, 0.1) is 0 Å². The molecule has 4 aromatic rings. The van der Waals surface area contributed by atoms with Gasteiger partial charge in [-0.25, -0.2) is 4.79 Å². The third kappa shape index (κ3) is 4.43. The average Bonchev–Trinajstić information content (AvgIpc) is 2.80. The third-order valence-electron chi connectivity index (χ3n) is 4.80. The van der Waals surface area contributed by atoms with Gasteiger partial charge in [-0.15, -0.1) is 0 Å². The molecule has 1 aromatic heterocycles. The van der Waals surface area contributed by atoms with Gasteiger partial charge in [0.15, 0.2) is 5.75 Å². The monoisotopic (exact) mass is 428 g/mol. The lowest BCUT2D eigenvalue weighted by Crippen LogP contribution is -2.26. The Balaban J connectivity index is 1.86. The minimum atomic E-state index is -0.688. The van der Waals surface area contributed by atoms with Crippen LogP contribution in [0.4, 0.5) is 5.69 Å². The Bertz CT molecular complexity index is 1330. The van der Waals surface area contributed by atoms with E-state index in [1.807, 2.05) is 6.07 Å². The van der Waals surface area contributed by atoms with E-state index >= 15 is 0 Å². The summed E-state index contributed by atoms with van der Waals surface area (Å²) in [6, 6.07) is 22.3. The Morgan fingerprint density at radius 3 is 2.31 bits per heavy atom. The predicted molar refractivity (Wildman–Crippen MR) is 121 cm³/mol. The van der Waals surface area contributed by atoms with Crippen LogP contribution in [0.15, 0.2) is 83.7 Å². The number of ether oxygens (including phenoxy) is 2. The maximum Gasteiger partial charge on any atom is 0.343 e. The maximum atomic E-state index is 13.1. The molecule has 160 valence electrons. The molecule has 32 heavy (non-hydrogen) atoms. The van der Waals surface area contributed by atoms with Crippen molar-refractivity contribution < 1.29 is 19.1 Å². The highest BCUT2D eigenvalue weighted by atomic mass is 16.5. The van der Waals surface area contributed by atoms with Gasteiger partial charge in [-0.05, 0) is 42.0 Å². The number of hydrogen-bond acceptors (Lipinski definition) is 5. The molecule has 7 nitrogen and oxygen atoms in total. The molecule has 4 rings (SSSR count). The topological polar surface area (TPSA) is 97.5 Å². The number of H-pyrrole nitrogens is 1. The Hall–Kier alpha value is -4.23. The van der Waals surface area contributed by atoms with Crippen molar-refractivity contribution in [2.24, 2.45) is 0 Å². The molecule has 0 atom stereocenters. The van der Waals surface area contributed by atoms with E-state index in [9.17, 15) is 14.4 Å². The molecule has 0 aliphatic rings. The molecule has 0 aliphatic heterocycles. The highest BCUT2D eigenvalue weighted by molar-refractivity contribution is 6.10.